The average molecular weight is 490 g/mol. The van der Waals surface area contributed by atoms with E-state index in [9.17, 15) is 9.59 Å². The Bertz CT molecular complexity index is 1620. The zero-order chi connectivity index (χ0) is 24.0. The SMILES string of the molecule is CC1=C(C(=O)Nc2ccccc2C)C(c2cccs2)n2c(sc(=Cc3cnn(C)c3C)c2=O)=N1. The predicted molar refractivity (Wildman–Crippen MR) is 136 cm³/mol. The Morgan fingerprint density at radius 1 is 1.15 bits per heavy atom. The molecule has 1 aliphatic heterocycles. The minimum Gasteiger partial charge on any atom is -0.322 e. The standard InChI is InChI=1S/C25H23N5O2S2/c1-14-8-5-6-9-18(14)28-23(31)21-15(2)27-25-30(22(21)19-10-7-11-33-19)24(32)20(34-25)12-17-13-26-29(4)16(17)3/h5-13,22H,1-4H3,(H,28,31). The van der Waals surface area contributed by atoms with E-state index in [-0.39, 0.29) is 11.5 Å². The maximum absolute atomic E-state index is 13.6. The van der Waals surface area contributed by atoms with E-state index in [2.05, 4.69) is 15.4 Å². The largest absolute Gasteiger partial charge is 0.322 e. The number of aryl methyl sites for hydroxylation is 2. The summed E-state index contributed by atoms with van der Waals surface area (Å²) in [5.74, 6) is -0.258. The van der Waals surface area contributed by atoms with Crippen molar-refractivity contribution >= 4 is 40.3 Å². The molecule has 1 unspecified atom stereocenters. The smallest absolute Gasteiger partial charge is 0.271 e. The van der Waals surface area contributed by atoms with Crippen molar-refractivity contribution in [3.63, 3.8) is 0 Å². The molecule has 9 heteroatoms. The second kappa shape index (κ2) is 8.66. The number of amides is 1. The van der Waals surface area contributed by atoms with Gasteiger partial charge in [0.05, 0.1) is 22.0 Å². The molecule has 7 nitrogen and oxygen atoms in total. The molecular weight excluding hydrogens is 466 g/mol. The van der Waals surface area contributed by atoms with Crippen LogP contribution in [-0.4, -0.2) is 20.3 Å². The van der Waals surface area contributed by atoms with Crippen LogP contribution in [0.5, 0.6) is 0 Å². The van der Waals surface area contributed by atoms with Crippen LogP contribution >= 0.6 is 22.7 Å². The number of hydrogen-bond acceptors (Lipinski definition) is 6. The molecular formula is C25H23N5O2S2. The number of nitrogens with zero attached hydrogens (tertiary/aromatic N) is 4. The highest BCUT2D eigenvalue weighted by Crippen LogP contribution is 2.33. The van der Waals surface area contributed by atoms with Crippen molar-refractivity contribution in [2.24, 2.45) is 12.0 Å². The van der Waals surface area contributed by atoms with Crippen molar-refractivity contribution in [3.8, 4) is 0 Å². The van der Waals surface area contributed by atoms with Gasteiger partial charge in [-0.15, -0.1) is 11.3 Å². The van der Waals surface area contributed by atoms with Gasteiger partial charge in [-0.3, -0.25) is 18.8 Å². The number of thiophene rings is 1. The van der Waals surface area contributed by atoms with Gasteiger partial charge in [0.25, 0.3) is 11.5 Å². The molecule has 1 aliphatic rings. The Morgan fingerprint density at radius 2 is 1.94 bits per heavy atom. The summed E-state index contributed by atoms with van der Waals surface area (Å²) in [4.78, 5) is 33.4. The average Bonchev–Trinajstić information content (AvgIpc) is 3.52. The molecule has 0 radical (unpaired) electrons. The third-order valence-electron chi connectivity index (χ3n) is 6.03. The van der Waals surface area contributed by atoms with E-state index in [1.165, 1.54) is 22.7 Å². The number of thiazole rings is 1. The molecule has 3 aromatic heterocycles. The number of aromatic nitrogens is 3. The summed E-state index contributed by atoms with van der Waals surface area (Å²) in [6, 6.07) is 11.0. The van der Waals surface area contributed by atoms with Crippen LogP contribution in [0, 0.1) is 13.8 Å². The fraction of sp³-hybridized carbons (Fsp3) is 0.200. The summed E-state index contributed by atoms with van der Waals surface area (Å²) in [7, 11) is 1.87. The van der Waals surface area contributed by atoms with Crippen LogP contribution in [0.1, 0.15) is 34.7 Å². The first-order valence-corrected chi connectivity index (χ1v) is 12.5. The Labute approximate surface area is 204 Å². The molecule has 5 rings (SSSR count). The minimum atomic E-state index is -0.544. The molecule has 0 saturated heterocycles. The first-order valence-electron chi connectivity index (χ1n) is 10.8. The van der Waals surface area contributed by atoms with Gasteiger partial charge in [0.15, 0.2) is 4.80 Å². The van der Waals surface area contributed by atoms with E-state index >= 15 is 0 Å². The number of allylic oxidation sites excluding steroid dienone is 1. The molecule has 0 saturated carbocycles. The van der Waals surface area contributed by atoms with Crippen molar-refractivity contribution in [2.45, 2.75) is 26.8 Å². The third kappa shape index (κ3) is 3.76. The molecule has 0 aliphatic carbocycles. The van der Waals surface area contributed by atoms with E-state index in [1.54, 1.807) is 15.4 Å². The molecule has 0 fully saturated rings. The Morgan fingerprint density at radius 3 is 2.62 bits per heavy atom. The Balaban J connectivity index is 1.66. The van der Waals surface area contributed by atoms with E-state index in [0.717, 1.165) is 27.4 Å². The summed E-state index contributed by atoms with van der Waals surface area (Å²) in [6.45, 7) is 5.74. The number of hydrogen-bond donors (Lipinski definition) is 1. The third-order valence-corrected chi connectivity index (χ3v) is 7.94. The number of carbonyl (C=O) groups excluding carboxylic acids is 1. The van der Waals surface area contributed by atoms with Gasteiger partial charge in [0, 0.05) is 28.9 Å². The lowest BCUT2D eigenvalue weighted by molar-refractivity contribution is -0.113. The topological polar surface area (TPSA) is 81.3 Å². The van der Waals surface area contributed by atoms with Crippen molar-refractivity contribution < 1.29 is 4.79 Å². The minimum absolute atomic E-state index is 0.168. The molecule has 1 N–H and O–H groups in total. The highest BCUT2D eigenvalue weighted by molar-refractivity contribution is 7.10. The molecule has 4 heterocycles. The van der Waals surface area contributed by atoms with Crippen molar-refractivity contribution in [1.29, 1.82) is 0 Å². The quantitative estimate of drug-likeness (QED) is 0.478. The van der Waals surface area contributed by atoms with Crippen LogP contribution in [0.3, 0.4) is 0 Å². The van der Waals surface area contributed by atoms with Crippen LogP contribution < -0.4 is 20.2 Å². The normalized spacial score (nSPS) is 15.9. The molecule has 0 bridgehead atoms. The van der Waals surface area contributed by atoms with Gasteiger partial charge in [-0.25, -0.2) is 4.99 Å². The maximum Gasteiger partial charge on any atom is 0.271 e. The van der Waals surface area contributed by atoms with E-state index in [1.807, 2.05) is 75.7 Å². The number of para-hydroxylation sites is 1. The predicted octanol–water partition coefficient (Wildman–Crippen LogP) is 3.29. The second-order valence-corrected chi connectivity index (χ2v) is 10.2. The monoisotopic (exact) mass is 489 g/mol. The zero-order valence-electron chi connectivity index (χ0n) is 19.2. The van der Waals surface area contributed by atoms with E-state index < -0.39 is 6.04 Å². The van der Waals surface area contributed by atoms with Gasteiger partial charge in [0.2, 0.25) is 0 Å². The molecule has 34 heavy (non-hydrogen) atoms. The van der Waals surface area contributed by atoms with Crippen LogP contribution in [0.4, 0.5) is 5.69 Å². The van der Waals surface area contributed by atoms with Crippen molar-refractivity contribution in [3.05, 3.63) is 101 Å². The van der Waals surface area contributed by atoms with Crippen LogP contribution in [0.15, 0.2) is 69.0 Å². The number of anilines is 1. The number of benzene rings is 1. The van der Waals surface area contributed by atoms with Gasteiger partial charge in [-0.1, -0.05) is 35.6 Å². The van der Waals surface area contributed by atoms with Crippen LogP contribution in [-0.2, 0) is 11.8 Å². The number of carbonyl (C=O) groups is 1. The number of rotatable bonds is 4. The molecule has 4 aromatic rings. The second-order valence-electron chi connectivity index (χ2n) is 8.18. The summed E-state index contributed by atoms with van der Waals surface area (Å²) in [5, 5.41) is 9.25. The van der Waals surface area contributed by atoms with Gasteiger partial charge >= 0.3 is 0 Å². The fourth-order valence-corrected chi connectivity index (χ4v) is 5.89. The van der Waals surface area contributed by atoms with E-state index in [0.29, 0.717) is 20.6 Å². The number of fused-ring (bicyclic) bond motifs is 1. The van der Waals surface area contributed by atoms with Crippen LogP contribution in [0.2, 0.25) is 0 Å². The fourth-order valence-electron chi connectivity index (χ4n) is 4.03. The number of nitrogens with one attached hydrogen (secondary N) is 1. The van der Waals surface area contributed by atoms with Crippen molar-refractivity contribution in [2.75, 3.05) is 5.32 Å². The van der Waals surface area contributed by atoms with Gasteiger partial charge in [-0.2, -0.15) is 5.10 Å². The first-order chi connectivity index (χ1) is 16.3. The molecule has 0 spiro atoms. The molecule has 1 aromatic carbocycles. The molecule has 172 valence electrons. The maximum atomic E-state index is 13.6. The zero-order valence-corrected chi connectivity index (χ0v) is 20.8. The summed E-state index contributed by atoms with van der Waals surface area (Å²) in [6.07, 6.45) is 3.60. The summed E-state index contributed by atoms with van der Waals surface area (Å²) >= 11 is 2.85. The summed E-state index contributed by atoms with van der Waals surface area (Å²) < 4.78 is 3.98. The lowest BCUT2D eigenvalue weighted by atomic mass is 10.0. The Hall–Kier alpha value is -3.56. The van der Waals surface area contributed by atoms with Gasteiger partial charge in [0.1, 0.15) is 6.04 Å². The van der Waals surface area contributed by atoms with Gasteiger partial charge in [-0.05, 0) is 49.9 Å². The van der Waals surface area contributed by atoms with Gasteiger partial charge < -0.3 is 5.32 Å². The lowest BCUT2D eigenvalue weighted by Crippen LogP contribution is -2.40. The summed E-state index contributed by atoms with van der Waals surface area (Å²) in [5.41, 5.74) is 4.47. The first kappa shape index (κ1) is 22.2. The lowest BCUT2D eigenvalue weighted by Gasteiger charge is -2.24. The molecule has 1 atom stereocenters. The van der Waals surface area contributed by atoms with Crippen molar-refractivity contribution in [1.82, 2.24) is 14.3 Å². The van der Waals surface area contributed by atoms with Crippen LogP contribution in [0.25, 0.3) is 6.08 Å². The highest BCUT2D eigenvalue weighted by atomic mass is 32.1. The highest BCUT2D eigenvalue weighted by Gasteiger charge is 2.33. The Kier molecular flexibility index (Phi) is 5.66. The van der Waals surface area contributed by atoms with E-state index in [4.69, 9.17) is 0 Å². The molecule has 1 amide bonds.